The number of H-pyrrole nitrogens is 1. The molecule has 0 fully saturated rings. The molecule has 1 aromatic carbocycles. The van der Waals surface area contributed by atoms with Crippen LogP contribution in [0.25, 0.3) is 15.7 Å². The summed E-state index contributed by atoms with van der Waals surface area (Å²) in [6.07, 6.45) is 0. The van der Waals surface area contributed by atoms with Crippen molar-refractivity contribution in [1.29, 1.82) is 0 Å². The Morgan fingerprint density at radius 3 is 2.83 bits per heavy atom. The minimum absolute atomic E-state index is 0.269. The molecule has 0 aliphatic carbocycles. The third-order valence-corrected chi connectivity index (χ3v) is 4.34. The van der Waals surface area contributed by atoms with Crippen LogP contribution in [0.1, 0.15) is 11.5 Å². The number of nitrogens with one attached hydrogen (secondary N) is 1. The lowest BCUT2D eigenvalue weighted by molar-refractivity contribution is 0.293. The fraction of sp³-hybridized carbons (Fsp3) is 0.143. The highest BCUT2D eigenvalue weighted by atomic mass is 35.5. The minimum atomic E-state index is 0.269. The van der Waals surface area contributed by atoms with Gasteiger partial charge in [-0.3, -0.25) is 5.10 Å². The Kier molecular flexibility index (Phi) is 3.47. The van der Waals surface area contributed by atoms with E-state index in [-0.39, 0.29) is 6.61 Å². The van der Waals surface area contributed by atoms with E-state index in [9.17, 15) is 0 Å². The molecule has 0 aliphatic rings. The average molecular weight is 347 g/mol. The monoisotopic (exact) mass is 346 g/mol. The van der Waals surface area contributed by atoms with E-state index in [2.05, 4.69) is 25.5 Å². The molecule has 7 nitrogen and oxygen atoms in total. The molecule has 0 radical (unpaired) electrons. The van der Waals surface area contributed by atoms with Crippen LogP contribution in [-0.2, 0) is 6.61 Å². The lowest BCUT2D eigenvalue weighted by Gasteiger charge is -2.03. The zero-order valence-corrected chi connectivity index (χ0v) is 13.6. The molecule has 0 unspecified atom stereocenters. The van der Waals surface area contributed by atoms with Crippen LogP contribution in [0.5, 0.6) is 5.75 Å². The van der Waals surface area contributed by atoms with Crippen molar-refractivity contribution >= 4 is 27.9 Å². The van der Waals surface area contributed by atoms with Crippen molar-refractivity contribution in [2.45, 2.75) is 13.5 Å². The Morgan fingerprint density at radius 2 is 2.09 bits per heavy atom. The number of aryl methyl sites for hydroxylation is 1. The first-order valence-electron chi connectivity index (χ1n) is 6.81. The normalized spacial score (nSPS) is 11.2. The summed E-state index contributed by atoms with van der Waals surface area (Å²) in [6.45, 7) is 2.22. The Balaban J connectivity index is 1.58. The Hall–Kier alpha value is -2.45. The second kappa shape index (κ2) is 5.64. The summed E-state index contributed by atoms with van der Waals surface area (Å²) in [6, 6.07) is 9.10. The molecule has 116 valence electrons. The molecule has 0 amide bonds. The van der Waals surface area contributed by atoms with Gasteiger partial charge in [-0.1, -0.05) is 22.9 Å². The smallest absolute Gasteiger partial charge is 0.235 e. The predicted molar refractivity (Wildman–Crippen MR) is 86.8 cm³/mol. The van der Waals surface area contributed by atoms with Gasteiger partial charge in [0.25, 0.3) is 0 Å². The highest BCUT2D eigenvalue weighted by Crippen LogP contribution is 2.24. The van der Waals surface area contributed by atoms with Crippen LogP contribution in [0.4, 0.5) is 0 Å². The van der Waals surface area contributed by atoms with Crippen LogP contribution >= 0.6 is 22.9 Å². The number of ether oxygens (including phenoxy) is 1. The Morgan fingerprint density at radius 1 is 1.26 bits per heavy atom. The molecule has 23 heavy (non-hydrogen) atoms. The topological polar surface area (TPSA) is 81.0 Å². The van der Waals surface area contributed by atoms with Crippen LogP contribution in [0.15, 0.2) is 30.3 Å². The fourth-order valence-corrected chi connectivity index (χ4v) is 3.00. The van der Waals surface area contributed by atoms with Crippen LogP contribution in [0.3, 0.4) is 0 Å². The molecular weight excluding hydrogens is 336 g/mol. The van der Waals surface area contributed by atoms with E-state index in [1.54, 1.807) is 28.8 Å². The molecule has 0 saturated heterocycles. The van der Waals surface area contributed by atoms with E-state index >= 15 is 0 Å². The van der Waals surface area contributed by atoms with Crippen LogP contribution < -0.4 is 4.74 Å². The van der Waals surface area contributed by atoms with E-state index < -0.39 is 0 Å². The first kappa shape index (κ1) is 14.2. The molecule has 1 N–H and O–H groups in total. The number of rotatable bonds is 4. The fourth-order valence-electron chi connectivity index (χ4n) is 2.06. The average Bonchev–Trinajstić information content (AvgIpc) is 3.22. The number of fused-ring (bicyclic) bond motifs is 1. The van der Waals surface area contributed by atoms with E-state index in [1.807, 2.05) is 13.0 Å². The van der Waals surface area contributed by atoms with Gasteiger partial charge in [-0.2, -0.15) is 14.7 Å². The molecule has 3 heterocycles. The third kappa shape index (κ3) is 2.78. The maximum atomic E-state index is 5.85. The van der Waals surface area contributed by atoms with Crippen molar-refractivity contribution in [2.24, 2.45) is 0 Å². The molecule has 3 aromatic heterocycles. The second-order valence-corrected chi connectivity index (χ2v) is 6.29. The highest BCUT2D eigenvalue weighted by molar-refractivity contribution is 7.19. The maximum absolute atomic E-state index is 5.85. The second-order valence-electron chi connectivity index (χ2n) is 4.90. The molecule has 9 heteroatoms. The largest absolute Gasteiger partial charge is 0.486 e. The van der Waals surface area contributed by atoms with Gasteiger partial charge < -0.3 is 4.74 Å². The summed E-state index contributed by atoms with van der Waals surface area (Å²) in [5.41, 5.74) is 1.78. The molecule has 0 bridgehead atoms. The summed E-state index contributed by atoms with van der Waals surface area (Å²) >= 11 is 7.28. The number of benzene rings is 1. The lowest BCUT2D eigenvalue weighted by Crippen LogP contribution is -2.02. The van der Waals surface area contributed by atoms with Gasteiger partial charge in [-0.25, -0.2) is 0 Å². The zero-order chi connectivity index (χ0) is 15.8. The zero-order valence-electron chi connectivity index (χ0n) is 12.0. The molecule has 4 aromatic rings. The van der Waals surface area contributed by atoms with Crippen molar-refractivity contribution < 1.29 is 4.74 Å². The Bertz CT molecular complexity index is 957. The molecule has 0 saturated carbocycles. The van der Waals surface area contributed by atoms with Gasteiger partial charge in [0.1, 0.15) is 18.1 Å². The number of hydrogen-bond acceptors (Lipinski definition) is 6. The maximum Gasteiger partial charge on any atom is 0.235 e. The van der Waals surface area contributed by atoms with Gasteiger partial charge in [0, 0.05) is 10.7 Å². The van der Waals surface area contributed by atoms with Crippen molar-refractivity contribution in [2.75, 3.05) is 0 Å². The van der Waals surface area contributed by atoms with Crippen molar-refractivity contribution in [1.82, 2.24) is 30.0 Å². The van der Waals surface area contributed by atoms with E-state index in [0.29, 0.717) is 21.6 Å². The summed E-state index contributed by atoms with van der Waals surface area (Å²) in [5.74, 6) is 1.34. The highest BCUT2D eigenvalue weighted by Gasteiger charge is 2.15. The predicted octanol–water partition coefficient (Wildman–Crippen LogP) is 3.12. The quantitative estimate of drug-likeness (QED) is 0.614. The number of nitrogens with zero attached hydrogens (tertiary/aromatic N) is 5. The number of hydrogen-bond donors (Lipinski definition) is 1. The molecule has 0 aliphatic heterocycles. The van der Waals surface area contributed by atoms with Gasteiger partial charge in [0.05, 0.1) is 0 Å². The summed E-state index contributed by atoms with van der Waals surface area (Å²) < 4.78 is 7.37. The van der Waals surface area contributed by atoms with Gasteiger partial charge >= 0.3 is 0 Å². The van der Waals surface area contributed by atoms with Crippen LogP contribution in [0, 0.1) is 6.92 Å². The summed E-state index contributed by atoms with van der Waals surface area (Å²) in [5, 5.41) is 21.3. The van der Waals surface area contributed by atoms with Gasteiger partial charge in [0.2, 0.25) is 4.96 Å². The Labute approximate surface area is 139 Å². The van der Waals surface area contributed by atoms with Gasteiger partial charge in [0.15, 0.2) is 10.8 Å². The molecule has 0 atom stereocenters. The van der Waals surface area contributed by atoms with Crippen LogP contribution in [0.2, 0.25) is 5.02 Å². The molecular formula is C14H11ClN6OS. The first-order chi connectivity index (χ1) is 11.2. The number of halogens is 1. The van der Waals surface area contributed by atoms with Crippen molar-refractivity contribution in [3.05, 3.63) is 46.9 Å². The number of aromatic amines is 1. The van der Waals surface area contributed by atoms with E-state index in [0.717, 1.165) is 16.4 Å². The van der Waals surface area contributed by atoms with E-state index in [1.165, 1.54) is 11.3 Å². The lowest BCUT2D eigenvalue weighted by atomic mass is 10.3. The number of aromatic nitrogens is 6. The standard InChI is InChI=1S/C14H11ClN6OS/c1-8-6-11(17-16-8)13-20-21-12(18-19-14(21)23-13)7-22-10-4-2-9(15)3-5-10/h2-6H,7H2,1H3,(H,16,17). The van der Waals surface area contributed by atoms with Crippen molar-refractivity contribution in [3.63, 3.8) is 0 Å². The van der Waals surface area contributed by atoms with Crippen molar-refractivity contribution in [3.8, 4) is 16.5 Å². The van der Waals surface area contributed by atoms with E-state index in [4.69, 9.17) is 16.3 Å². The summed E-state index contributed by atoms with van der Waals surface area (Å²) in [4.78, 5) is 0.704. The van der Waals surface area contributed by atoms with Crippen LogP contribution in [-0.4, -0.2) is 30.0 Å². The molecule has 4 rings (SSSR count). The first-order valence-corrected chi connectivity index (χ1v) is 8.00. The van der Waals surface area contributed by atoms with Gasteiger partial charge in [-0.15, -0.1) is 10.2 Å². The summed E-state index contributed by atoms with van der Waals surface area (Å²) in [7, 11) is 0. The van der Waals surface area contributed by atoms with Gasteiger partial charge in [-0.05, 0) is 37.3 Å². The minimum Gasteiger partial charge on any atom is -0.486 e. The third-order valence-electron chi connectivity index (χ3n) is 3.16. The molecule has 0 spiro atoms. The SMILES string of the molecule is Cc1cc(-c2nn3c(COc4ccc(Cl)cc4)nnc3s2)n[nH]1.